The third kappa shape index (κ3) is 4.49. The fraction of sp³-hybridized carbons (Fsp3) is 0.600. The highest BCUT2D eigenvalue weighted by atomic mass is 16.5. The molecule has 0 aliphatic rings. The van der Waals surface area contributed by atoms with E-state index in [1.54, 1.807) is 25.3 Å². The van der Waals surface area contributed by atoms with Crippen molar-refractivity contribution in [3.05, 3.63) is 18.3 Å². The Labute approximate surface area is 120 Å². The number of rotatable bonds is 8. The second kappa shape index (κ2) is 7.85. The number of ether oxygens (including phenoxy) is 2. The first kappa shape index (κ1) is 16.4. The molecule has 1 amide bonds. The molecule has 1 N–H and O–H groups in total. The molecule has 5 heteroatoms. The van der Waals surface area contributed by atoms with Crippen molar-refractivity contribution in [1.82, 2.24) is 4.98 Å². The average molecular weight is 280 g/mol. The molecular weight excluding hydrogens is 256 g/mol. The first-order chi connectivity index (χ1) is 9.55. The first-order valence-corrected chi connectivity index (χ1v) is 7.10. The molecule has 0 spiro atoms. The van der Waals surface area contributed by atoms with Crippen LogP contribution in [-0.4, -0.2) is 29.7 Å². The van der Waals surface area contributed by atoms with Crippen LogP contribution in [0.3, 0.4) is 0 Å². The molecule has 5 nitrogen and oxygen atoms in total. The van der Waals surface area contributed by atoms with Gasteiger partial charge in [-0.1, -0.05) is 13.8 Å². The van der Waals surface area contributed by atoms with Crippen LogP contribution in [0.25, 0.3) is 0 Å². The summed E-state index contributed by atoms with van der Waals surface area (Å²) in [6.07, 6.45) is 3.08. The molecule has 1 heterocycles. The monoisotopic (exact) mass is 280 g/mol. The molecule has 0 saturated carbocycles. The van der Waals surface area contributed by atoms with E-state index in [2.05, 4.69) is 10.3 Å². The van der Waals surface area contributed by atoms with E-state index in [1.165, 1.54) is 0 Å². The second-order valence-electron chi connectivity index (χ2n) is 4.71. The molecule has 1 aromatic rings. The number of nitrogens with one attached hydrogen (secondary N) is 1. The third-order valence-corrected chi connectivity index (χ3v) is 3.07. The second-order valence-corrected chi connectivity index (χ2v) is 4.71. The molecule has 112 valence electrons. The average Bonchev–Trinajstić information content (AvgIpc) is 2.47. The van der Waals surface area contributed by atoms with Crippen molar-refractivity contribution < 1.29 is 14.3 Å². The summed E-state index contributed by atoms with van der Waals surface area (Å²) in [7, 11) is 0. The fourth-order valence-corrected chi connectivity index (χ4v) is 1.61. The summed E-state index contributed by atoms with van der Waals surface area (Å²) in [5.74, 6) is 0.394. The minimum Gasteiger partial charge on any atom is -0.478 e. The Morgan fingerprint density at radius 3 is 2.60 bits per heavy atom. The summed E-state index contributed by atoms with van der Waals surface area (Å²) in [6, 6.07) is 3.50. The number of hydrogen-bond donors (Lipinski definition) is 1. The standard InChI is InChI=1S/C15H24N2O3/c1-5-10-20-15(4,6-2)14(18)17-12-8-9-13(16-11-12)19-7-3/h8-9,11H,5-7,10H2,1-4H3,(H,17,18). The lowest BCUT2D eigenvalue weighted by Gasteiger charge is -2.27. The van der Waals surface area contributed by atoms with Gasteiger partial charge < -0.3 is 14.8 Å². The van der Waals surface area contributed by atoms with E-state index in [0.29, 0.717) is 31.2 Å². The molecular formula is C15H24N2O3. The van der Waals surface area contributed by atoms with Gasteiger partial charge in [0, 0.05) is 12.7 Å². The van der Waals surface area contributed by atoms with Gasteiger partial charge in [-0.15, -0.1) is 0 Å². The van der Waals surface area contributed by atoms with E-state index in [9.17, 15) is 4.79 Å². The quantitative estimate of drug-likeness (QED) is 0.795. The molecule has 0 fully saturated rings. The predicted octanol–water partition coefficient (Wildman–Crippen LogP) is 3.01. The Morgan fingerprint density at radius 1 is 1.35 bits per heavy atom. The molecule has 1 rings (SSSR count). The Balaban J connectivity index is 2.68. The predicted molar refractivity (Wildman–Crippen MR) is 79.0 cm³/mol. The zero-order valence-corrected chi connectivity index (χ0v) is 12.7. The van der Waals surface area contributed by atoms with Crippen molar-refractivity contribution in [2.45, 2.75) is 46.1 Å². The molecule has 0 saturated heterocycles. The number of anilines is 1. The van der Waals surface area contributed by atoms with Gasteiger partial charge in [0.05, 0.1) is 18.5 Å². The summed E-state index contributed by atoms with van der Waals surface area (Å²) >= 11 is 0. The van der Waals surface area contributed by atoms with Crippen LogP contribution >= 0.6 is 0 Å². The Hall–Kier alpha value is -1.62. The SMILES string of the molecule is CCCOC(C)(CC)C(=O)Nc1ccc(OCC)nc1. The maximum absolute atomic E-state index is 12.3. The molecule has 0 radical (unpaired) electrons. The third-order valence-electron chi connectivity index (χ3n) is 3.07. The van der Waals surface area contributed by atoms with E-state index in [1.807, 2.05) is 20.8 Å². The van der Waals surface area contributed by atoms with E-state index in [0.717, 1.165) is 6.42 Å². The Morgan fingerprint density at radius 2 is 2.10 bits per heavy atom. The highest BCUT2D eigenvalue weighted by molar-refractivity contribution is 5.96. The molecule has 1 atom stereocenters. The lowest BCUT2D eigenvalue weighted by Crippen LogP contribution is -2.42. The van der Waals surface area contributed by atoms with Gasteiger partial charge in [0.2, 0.25) is 5.88 Å². The number of amides is 1. The maximum Gasteiger partial charge on any atom is 0.256 e. The molecule has 1 unspecified atom stereocenters. The summed E-state index contributed by atoms with van der Waals surface area (Å²) in [4.78, 5) is 16.4. The van der Waals surface area contributed by atoms with Crippen molar-refractivity contribution in [2.24, 2.45) is 0 Å². The topological polar surface area (TPSA) is 60.5 Å². The Kier molecular flexibility index (Phi) is 6.45. The molecule has 0 aromatic carbocycles. The summed E-state index contributed by atoms with van der Waals surface area (Å²) in [5.41, 5.74) is -0.174. The summed E-state index contributed by atoms with van der Waals surface area (Å²) in [5, 5.41) is 2.83. The van der Waals surface area contributed by atoms with E-state index in [-0.39, 0.29) is 5.91 Å². The van der Waals surface area contributed by atoms with Crippen LogP contribution in [0.2, 0.25) is 0 Å². The smallest absolute Gasteiger partial charge is 0.256 e. The zero-order valence-electron chi connectivity index (χ0n) is 12.7. The van der Waals surface area contributed by atoms with Gasteiger partial charge >= 0.3 is 0 Å². The number of pyridine rings is 1. The minimum atomic E-state index is -0.811. The molecule has 20 heavy (non-hydrogen) atoms. The van der Waals surface area contributed by atoms with Gasteiger partial charge in [-0.05, 0) is 32.8 Å². The maximum atomic E-state index is 12.3. The fourth-order valence-electron chi connectivity index (χ4n) is 1.61. The van der Waals surface area contributed by atoms with Crippen LogP contribution in [0.4, 0.5) is 5.69 Å². The van der Waals surface area contributed by atoms with E-state index >= 15 is 0 Å². The van der Waals surface area contributed by atoms with Crippen LogP contribution < -0.4 is 10.1 Å². The Bertz CT molecular complexity index is 420. The lowest BCUT2D eigenvalue weighted by atomic mass is 10.0. The van der Waals surface area contributed by atoms with Gasteiger partial charge in [-0.3, -0.25) is 4.79 Å². The van der Waals surface area contributed by atoms with Gasteiger partial charge in [0.1, 0.15) is 5.60 Å². The van der Waals surface area contributed by atoms with Gasteiger partial charge in [0.25, 0.3) is 5.91 Å². The molecule has 0 aliphatic carbocycles. The van der Waals surface area contributed by atoms with Crippen LogP contribution in [0, 0.1) is 0 Å². The lowest BCUT2D eigenvalue weighted by molar-refractivity contribution is -0.139. The van der Waals surface area contributed by atoms with Crippen LogP contribution in [0.5, 0.6) is 5.88 Å². The number of carbonyl (C=O) groups excluding carboxylic acids is 1. The van der Waals surface area contributed by atoms with Gasteiger partial charge in [-0.25, -0.2) is 4.98 Å². The number of carbonyl (C=O) groups is 1. The van der Waals surface area contributed by atoms with Crippen molar-refractivity contribution in [3.63, 3.8) is 0 Å². The normalized spacial score (nSPS) is 13.6. The van der Waals surface area contributed by atoms with Crippen LogP contribution in [0.1, 0.15) is 40.5 Å². The number of hydrogen-bond acceptors (Lipinski definition) is 4. The van der Waals surface area contributed by atoms with Crippen LogP contribution in [0.15, 0.2) is 18.3 Å². The van der Waals surface area contributed by atoms with Crippen molar-refractivity contribution in [1.29, 1.82) is 0 Å². The highest BCUT2D eigenvalue weighted by Gasteiger charge is 2.32. The highest BCUT2D eigenvalue weighted by Crippen LogP contribution is 2.19. The zero-order chi connectivity index (χ0) is 15.0. The van der Waals surface area contributed by atoms with Crippen molar-refractivity contribution in [2.75, 3.05) is 18.5 Å². The largest absolute Gasteiger partial charge is 0.478 e. The summed E-state index contributed by atoms with van der Waals surface area (Å²) in [6.45, 7) is 8.79. The first-order valence-electron chi connectivity index (χ1n) is 7.10. The molecule has 1 aromatic heterocycles. The van der Waals surface area contributed by atoms with Gasteiger partial charge in [0.15, 0.2) is 0 Å². The van der Waals surface area contributed by atoms with E-state index in [4.69, 9.17) is 9.47 Å². The van der Waals surface area contributed by atoms with Gasteiger partial charge in [-0.2, -0.15) is 0 Å². The summed E-state index contributed by atoms with van der Waals surface area (Å²) < 4.78 is 10.9. The molecule has 0 aliphatic heterocycles. The number of aromatic nitrogens is 1. The van der Waals surface area contributed by atoms with E-state index < -0.39 is 5.60 Å². The number of nitrogens with zero attached hydrogens (tertiary/aromatic N) is 1. The van der Waals surface area contributed by atoms with Crippen molar-refractivity contribution in [3.8, 4) is 5.88 Å². The van der Waals surface area contributed by atoms with Crippen molar-refractivity contribution >= 4 is 11.6 Å². The minimum absolute atomic E-state index is 0.153. The molecule has 0 bridgehead atoms. The van der Waals surface area contributed by atoms with Crippen LogP contribution in [-0.2, 0) is 9.53 Å².